The third-order valence-electron chi connectivity index (χ3n) is 4.28. The summed E-state index contributed by atoms with van der Waals surface area (Å²) in [5, 5.41) is 8.40. The Hall–Kier alpha value is -0.450. The Bertz CT molecular complexity index is 394. The average molecular weight is 281 g/mol. The molecule has 1 aromatic rings. The Kier molecular flexibility index (Phi) is 4.98. The monoisotopic (exact) mass is 281 g/mol. The lowest BCUT2D eigenvalue weighted by Crippen LogP contribution is -2.43. The first-order valence-electron chi connectivity index (χ1n) is 7.35. The van der Waals surface area contributed by atoms with Gasteiger partial charge in [-0.2, -0.15) is 0 Å². The van der Waals surface area contributed by atoms with Crippen LogP contribution in [-0.4, -0.2) is 24.6 Å². The van der Waals surface area contributed by atoms with E-state index >= 15 is 0 Å². The second-order valence-corrected chi connectivity index (χ2v) is 7.71. The second-order valence-electron chi connectivity index (χ2n) is 6.44. The van der Waals surface area contributed by atoms with E-state index in [4.69, 9.17) is 0 Å². The Morgan fingerprint density at radius 1 is 1.58 bits per heavy atom. The van der Waals surface area contributed by atoms with Crippen molar-refractivity contribution in [2.75, 3.05) is 19.6 Å². The van der Waals surface area contributed by atoms with Crippen LogP contribution in [0.4, 0.5) is 0 Å². The molecule has 1 aliphatic heterocycles. The van der Waals surface area contributed by atoms with Crippen molar-refractivity contribution in [1.82, 2.24) is 15.6 Å². The van der Waals surface area contributed by atoms with Gasteiger partial charge in [-0.1, -0.05) is 13.8 Å². The van der Waals surface area contributed by atoms with Crippen LogP contribution < -0.4 is 10.6 Å². The molecule has 2 heterocycles. The van der Waals surface area contributed by atoms with E-state index in [1.165, 1.54) is 35.8 Å². The van der Waals surface area contributed by atoms with Crippen LogP contribution in [0.25, 0.3) is 0 Å². The van der Waals surface area contributed by atoms with Gasteiger partial charge in [0.1, 0.15) is 5.01 Å². The van der Waals surface area contributed by atoms with E-state index in [0.717, 1.165) is 12.5 Å². The molecule has 0 aromatic carbocycles. The number of rotatable bonds is 5. The molecule has 0 amide bonds. The van der Waals surface area contributed by atoms with Crippen LogP contribution in [0, 0.1) is 18.3 Å². The van der Waals surface area contributed by atoms with Gasteiger partial charge in [-0.3, -0.25) is 0 Å². The van der Waals surface area contributed by atoms with Crippen molar-refractivity contribution < 1.29 is 0 Å². The molecular formula is C15H27N3S. The zero-order chi connectivity index (χ0) is 13.9. The molecule has 3 nitrogen and oxygen atoms in total. The van der Waals surface area contributed by atoms with E-state index in [-0.39, 0.29) is 0 Å². The van der Waals surface area contributed by atoms with Crippen LogP contribution in [0.5, 0.6) is 0 Å². The van der Waals surface area contributed by atoms with Gasteiger partial charge in [0.2, 0.25) is 0 Å². The molecule has 0 radical (unpaired) electrons. The highest BCUT2D eigenvalue weighted by atomic mass is 32.1. The minimum atomic E-state index is 0.341. The highest BCUT2D eigenvalue weighted by molar-refractivity contribution is 7.11. The van der Waals surface area contributed by atoms with Gasteiger partial charge >= 0.3 is 0 Å². The lowest BCUT2D eigenvalue weighted by molar-refractivity contribution is 0.162. The first-order valence-corrected chi connectivity index (χ1v) is 8.17. The number of hydrogen-bond donors (Lipinski definition) is 2. The molecule has 1 aliphatic rings. The minimum absolute atomic E-state index is 0.341. The molecule has 1 saturated heterocycles. The predicted molar refractivity (Wildman–Crippen MR) is 82.6 cm³/mol. The van der Waals surface area contributed by atoms with Gasteiger partial charge < -0.3 is 10.6 Å². The molecule has 4 heteroatoms. The maximum absolute atomic E-state index is 4.47. The number of hydrogen-bond acceptors (Lipinski definition) is 4. The van der Waals surface area contributed by atoms with Gasteiger partial charge in [-0.05, 0) is 51.1 Å². The molecule has 0 saturated carbocycles. The lowest BCUT2D eigenvalue weighted by atomic mass is 9.75. The van der Waals surface area contributed by atoms with Crippen molar-refractivity contribution in [3.8, 4) is 0 Å². The van der Waals surface area contributed by atoms with E-state index in [1.54, 1.807) is 11.3 Å². The van der Waals surface area contributed by atoms with Gasteiger partial charge in [-0.15, -0.1) is 11.3 Å². The lowest BCUT2D eigenvalue weighted by Gasteiger charge is -2.38. The average Bonchev–Trinajstić information content (AvgIpc) is 2.84. The summed E-state index contributed by atoms with van der Waals surface area (Å²) in [5.74, 6) is 0.777. The molecule has 2 atom stereocenters. The van der Waals surface area contributed by atoms with Crippen LogP contribution in [0.3, 0.4) is 0 Å². The Morgan fingerprint density at radius 3 is 2.95 bits per heavy atom. The maximum atomic E-state index is 4.47. The fraction of sp³-hybridized carbons (Fsp3) is 0.800. The molecule has 108 valence electrons. The molecule has 0 bridgehead atoms. The van der Waals surface area contributed by atoms with E-state index in [0.29, 0.717) is 11.5 Å². The second kappa shape index (κ2) is 6.33. The summed E-state index contributed by atoms with van der Waals surface area (Å²) in [6.45, 7) is 12.5. The van der Waals surface area contributed by atoms with Crippen molar-refractivity contribution in [3.05, 3.63) is 16.1 Å². The number of nitrogens with zero attached hydrogens (tertiary/aromatic N) is 1. The molecule has 2 rings (SSSR count). The number of piperidine rings is 1. The SMILES string of the molecule is Cc1cnc(C(C)NCC(C)(C)C2CCCNC2)s1. The van der Waals surface area contributed by atoms with E-state index in [2.05, 4.69) is 43.3 Å². The molecule has 1 aromatic heterocycles. The van der Waals surface area contributed by atoms with Crippen LogP contribution in [0.15, 0.2) is 6.20 Å². The summed E-state index contributed by atoms with van der Waals surface area (Å²) >= 11 is 1.80. The van der Waals surface area contributed by atoms with Gasteiger partial charge in [0.25, 0.3) is 0 Å². The van der Waals surface area contributed by atoms with Crippen LogP contribution in [0.2, 0.25) is 0 Å². The molecule has 2 N–H and O–H groups in total. The third-order valence-corrected chi connectivity index (χ3v) is 5.37. The fourth-order valence-electron chi connectivity index (χ4n) is 2.74. The predicted octanol–water partition coefficient (Wildman–Crippen LogP) is 3.13. The summed E-state index contributed by atoms with van der Waals surface area (Å²) in [5.41, 5.74) is 0.341. The van der Waals surface area contributed by atoms with Crippen molar-refractivity contribution >= 4 is 11.3 Å². The van der Waals surface area contributed by atoms with Gasteiger partial charge in [0.05, 0.1) is 6.04 Å². The Balaban J connectivity index is 1.86. The van der Waals surface area contributed by atoms with Crippen molar-refractivity contribution in [3.63, 3.8) is 0 Å². The van der Waals surface area contributed by atoms with E-state index < -0.39 is 0 Å². The minimum Gasteiger partial charge on any atom is -0.316 e. The van der Waals surface area contributed by atoms with Crippen LogP contribution in [0.1, 0.15) is 49.5 Å². The first-order chi connectivity index (χ1) is 8.99. The van der Waals surface area contributed by atoms with Crippen molar-refractivity contribution in [2.24, 2.45) is 11.3 Å². The normalized spacial score (nSPS) is 22.4. The maximum Gasteiger partial charge on any atom is 0.109 e. The molecule has 0 spiro atoms. The molecule has 1 fully saturated rings. The van der Waals surface area contributed by atoms with Crippen LogP contribution in [-0.2, 0) is 0 Å². The highest BCUT2D eigenvalue weighted by Crippen LogP contribution is 2.32. The Labute approximate surface area is 121 Å². The van der Waals surface area contributed by atoms with Crippen LogP contribution >= 0.6 is 11.3 Å². The summed E-state index contributed by atoms with van der Waals surface area (Å²) < 4.78 is 0. The van der Waals surface area contributed by atoms with E-state index in [1.807, 2.05) is 6.20 Å². The van der Waals surface area contributed by atoms with Crippen molar-refractivity contribution in [1.29, 1.82) is 0 Å². The fourth-order valence-corrected chi connectivity index (χ4v) is 3.54. The van der Waals surface area contributed by atoms with E-state index in [9.17, 15) is 0 Å². The largest absolute Gasteiger partial charge is 0.316 e. The summed E-state index contributed by atoms with van der Waals surface area (Å²) in [7, 11) is 0. The molecular weight excluding hydrogens is 254 g/mol. The zero-order valence-corrected chi connectivity index (χ0v) is 13.4. The summed E-state index contributed by atoms with van der Waals surface area (Å²) in [4.78, 5) is 5.76. The molecule has 19 heavy (non-hydrogen) atoms. The molecule has 0 aliphatic carbocycles. The number of thiazole rings is 1. The standard InChI is InChI=1S/C15H27N3S/c1-11-8-17-14(19-11)12(2)18-10-15(3,4)13-6-5-7-16-9-13/h8,12-13,16,18H,5-7,9-10H2,1-4H3. The number of aromatic nitrogens is 1. The Morgan fingerprint density at radius 2 is 2.37 bits per heavy atom. The first kappa shape index (κ1) is 14.9. The third kappa shape index (κ3) is 4.01. The highest BCUT2D eigenvalue weighted by Gasteiger charge is 2.30. The topological polar surface area (TPSA) is 37.0 Å². The van der Waals surface area contributed by atoms with Crippen molar-refractivity contribution in [2.45, 2.75) is 46.6 Å². The number of aryl methyl sites for hydroxylation is 1. The molecule has 2 unspecified atom stereocenters. The summed E-state index contributed by atoms with van der Waals surface area (Å²) in [6, 6.07) is 0.356. The smallest absolute Gasteiger partial charge is 0.109 e. The summed E-state index contributed by atoms with van der Waals surface area (Å²) in [6.07, 6.45) is 4.64. The van der Waals surface area contributed by atoms with Gasteiger partial charge in [0, 0.05) is 17.6 Å². The van der Waals surface area contributed by atoms with Gasteiger partial charge in [0.15, 0.2) is 0 Å². The van der Waals surface area contributed by atoms with Gasteiger partial charge in [-0.25, -0.2) is 4.98 Å². The number of nitrogens with one attached hydrogen (secondary N) is 2. The zero-order valence-electron chi connectivity index (χ0n) is 12.6. The quantitative estimate of drug-likeness (QED) is 0.870.